The van der Waals surface area contributed by atoms with Crippen LogP contribution in [-0.2, 0) is 12.7 Å². The van der Waals surface area contributed by atoms with E-state index in [4.69, 9.17) is 0 Å². The van der Waals surface area contributed by atoms with E-state index < -0.39 is 11.7 Å². The molecule has 0 spiro atoms. The van der Waals surface area contributed by atoms with Crippen LogP contribution >= 0.6 is 11.3 Å². The predicted molar refractivity (Wildman–Crippen MR) is 126 cm³/mol. The molecule has 0 bridgehead atoms. The number of amides is 1. The van der Waals surface area contributed by atoms with Crippen molar-refractivity contribution in [1.82, 2.24) is 20.3 Å². The monoisotopic (exact) mass is 480 g/mol. The molecule has 0 saturated heterocycles. The Balaban J connectivity index is 1.47. The van der Waals surface area contributed by atoms with Crippen LogP contribution in [0.3, 0.4) is 0 Å². The summed E-state index contributed by atoms with van der Waals surface area (Å²) in [6.07, 6.45) is 2.04. The van der Waals surface area contributed by atoms with E-state index in [-0.39, 0.29) is 5.91 Å². The number of alkyl halides is 3. The van der Waals surface area contributed by atoms with Crippen molar-refractivity contribution in [3.05, 3.63) is 99.9 Å². The molecule has 4 aromatic rings. The number of halogens is 3. The molecule has 2 heterocycles. The van der Waals surface area contributed by atoms with Gasteiger partial charge in [-0.3, -0.25) is 9.78 Å². The van der Waals surface area contributed by atoms with Crippen LogP contribution in [0.5, 0.6) is 0 Å². The third-order valence-electron chi connectivity index (χ3n) is 4.86. The van der Waals surface area contributed by atoms with E-state index in [0.717, 1.165) is 17.7 Å². The largest absolute Gasteiger partial charge is 0.416 e. The highest BCUT2D eigenvalue weighted by Gasteiger charge is 2.29. The molecular formula is C25H19F3N4OS. The second kappa shape index (κ2) is 9.96. The highest BCUT2D eigenvalue weighted by molar-refractivity contribution is 7.17. The first-order chi connectivity index (χ1) is 16.3. The van der Waals surface area contributed by atoms with Crippen LogP contribution in [0, 0.1) is 6.92 Å². The highest BCUT2D eigenvalue weighted by atomic mass is 32.1. The van der Waals surface area contributed by atoms with E-state index in [2.05, 4.69) is 20.3 Å². The highest BCUT2D eigenvalue weighted by Crippen LogP contribution is 2.29. The first-order valence-electron chi connectivity index (χ1n) is 10.3. The lowest BCUT2D eigenvalue weighted by molar-refractivity contribution is -0.137. The second-order valence-electron chi connectivity index (χ2n) is 7.38. The van der Waals surface area contributed by atoms with Gasteiger partial charge in [-0.25, -0.2) is 9.97 Å². The third-order valence-corrected chi connectivity index (χ3v) is 6.03. The third kappa shape index (κ3) is 5.74. The van der Waals surface area contributed by atoms with E-state index in [1.807, 2.05) is 30.3 Å². The van der Waals surface area contributed by atoms with Gasteiger partial charge < -0.3 is 5.32 Å². The van der Waals surface area contributed by atoms with Gasteiger partial charge in [0.25, 0.3) is 5.91 Å². The Kier molecular flexibility index (Phi) is 6.83. The first kappa shape index (κ1) is 23.3. The SMILES string of the molecule is Cc1nc(-c2cncc(/C=C/c3ccc(C(F)(F)F)cc3)n2)sc1C(=O)NCc1ccccc1. The summed E-state index contributed by atoms with van der Waals surface area (Å²) in [5.74, 6) is -0.212. The quantitative estimate of drug-likeness (QED) is 0.366. The normalized spacial score (nSPS) is 11.6. The van der Waals surface area contributed by atoms with Gasteiger partial charge in [-0.1, -0.05) is 48.5 Å². The summed E-state index contributed by atoms with van der Waals surface area (Å²) in [5, 5.41) is 3.45. The van der Waals surface area contributed by atoms with E-state index in [1.54, 1.807) is 25.3 Å². The molecule has 0 radical (unpaired) electrons. The van der Waals surface area contributed by atoms with Crippen molar-refractivity contribution in [3.8, 4) is 10.7 Å². The summed E-state index contributed by atoms with van der Waals surface area (Å²) in [4.78, 5) is 26.3. The first-order valence-corrected chi connectivity index (χ1v) is 11.1. The van der Waals surface area contributed by atoms with E-state index in [9.17, 15) is 18.0 Å². The molecule has 4 rings (SSSR count). The summed E-state index contributed by atoms with van der Waals surface area (Å²) in [6.45, 7) is 2.18. The summed E-state index contributed by atoms with van der Waals surface area (Å²) < 4.78 is 38.1. The van der Waals surface area contributed by atoms with Crippen molar-refractivity contribution in [1.29, 1.82) is 0 Å². The molecule has 1 amide bonds. The molecular weight excluding hydrogens is 461 g/mol. The number of hydrogen-bond donors (Lipinski definition) is 1. The summed E-state index contributed by atoms with van der Waals surface area (Å²) in [5.41, 5.74) is 2.51. The Morgan fingerprint density at radius 2 is 1.74 bits per heavy atom. The molecule has 0 fully saturated rings. The van der Waals surface area contributed by atoms with E-state index in [0.29, 0.717) is 39.1 Å². The van der Waals surface area contributed by atoms with Crippen molar-refractivity contribution in [3.63, 3.8) is 0 Å². The lowest BCUT2D eigenvalue weighted by atomic mass is 10.1. The summed E-state index contributed by atoms with van der Waals surface area (Å²) in [7, 11) is 0. The zero-order valence-corrected chi connectivity index (χ0v) is 18.8. The summed E-state index contributed by atoms with van der Waals surface area (Å²) in [6, 6.07) is 14.5. The van der Waals surface area contributed by atoms with Crippen molar-refractivity contribution >= 4 is 29.4 Å². The molecule has 34 heavy (non-hydrogen) atoms. The maximum absolute atomic E-state index is 12.7. The maximum atomic E-state index is 12.7. The topological polar surface area (TPSA) is 67.8 Å². The standard InChI is InChI=1S/C25H19F3N4OS/c1-16-22(23(33)30-13-18-5-3-2-4-6-18)34-24(31-16)21-15-29-14-20(32-21)12-9-17-7-10-19(11-8-17)25(26,27)28/h2-12,14-15H,13H2,1H3,(H,30,33)/b12-9+. The van der Waals surface area contributed by atoms with Gasteiger partial charge in [0, 0.05) is 6.54 Å². The zero-order valence-electron chi connectivity index (χ0n) is 18.0. The van der Waals surface area contributed by atoms with Crippen LogP contribution in [0.25, 0.3) is 22.9 Å². The van der Waals surface area contributed by atoms with Crippen LogP contribution in [0.4, 0.5) is 13.2 Å². The minimum atomic E-state index is -4.37. The minimum Gasteiger partial charge on any atom is -0.347 e. The molecule has 0 aliphatic carbocycles. The Morgan fingerprint density at radius 1 is 1.00 bits per heavy atom. The molecule has 2 aromatic heterocycles. The number of carbonyl (C=O) groups is 1. The second-order valence-corrected chi connectivity index (χ2v) is 8.38. The van der Waals surface area contributed by atoms with Crippen LogP contribution in [0.2, 0.25) is 0 Å². The number of carbonyl (C=O) groups excluding carboxylic acids is 1. The number of hydrogen-bond acceptors (Lipinski definition) is 5. The Labute approximate surface area is 198 Å². The smallest absolute Gasteiger partial charge is 0.347 e. The number of rotatable bonds is 6. The fourth-order valence-corrected chi connectivity index (χ4v) is 4.04. The number of thiazole rings is 1. The molecule has 1 N–H and O–H groups in total. The van der Waals surface area contributed by atoms with Gasteiger partial charge >= 0.3 is 6.18 Å². The molecule has 172 valence electrons. The van der Waals surface area contributed by atoms with Crippen molar-refractivity contribution < 1.29 is 18.0 Å². The van der Waals surface area contributed by atoms with E-state index in [1.165, 1.54) is 29.7 Å². The Morgan fingerprint density at radius 3 is 2.44 bits per heavy atom. The summed E-state index contributed by atoms with van der Waals surface area (Å²) >= 11 is 1.23. The number of nitrogens with zero attached hydrogens (tertiary/aromatic N) is 3. The average molecular weight is 481 g/mol. The Hall–Kier alpha value is -3.85. The molecule has 0 unspecified atom stereocenters. The maximum Gasteiger partial charge on any atom is 0.416 e. The molecule has 0 saturated carbocycles. The fourth-order valence-electron chi connectivity index (χ4n) is 3.10. The van der Waals surface area contributed by atoms with Gasteiger partial charge in [-0.05, 0) is 36.3 Å². The van der Waals surface area contributed by atoms with Crippen LogP contribution in [0.1, 0.15) is 37.7 Å². The van der Waals surface area contributed by atoms with Crippen molar-refractivity contribution in [2.45, 2.75) is 19.6 Å². The van der Waals surface area contributed by atoms with Crippen LogP contribution in [0.15, 0.2) is 67.0 Å². The fraction of sp³-hybridized carbons (Fsp3) is 0.120. The van der Waals surface area contributed by atoms with Crippen LogP contribution in [-0.4, -0.2) is 20.9 Å². The van der Waals surface area contributed by atoms with Crippen molar-refractivity contribution in [2.75, 3.05) is 0 Å². The zero-order chi connectivity index (χ0) is 24.1. The lowest BCUT2D eigenvalue weighted by Crippen LogP contribution is -2.22. The Bertz CT molecular complexity index is 1320. The number of nitrogens with one attached hydrogen (secondary N) is 1. The number of aromatic nitrogens is 3. The minimum absolute atomic E-state index is 0.212. The lowest BCUT2D eigenvalue weighted by Gasteiger charge is -2.05. The molecule has 5 nitrogen and oxygen atoms in total. The number of aryl methyl sites for hydroxylation is 1. The van der Waals surface area contributed by atoms with Gasteiger partial charge in [-0.15, -0.1) is 11.3 Å². The predicted octanol–water partition coefficient (Wildman–Crippen LogP) is 6.03. The van der Waals surface area contributed by atoms with Gasteiger partial charge in [0.05, 0.1) is 29.3 Å². The molecule has 0 aliphatic rings. The molecule has 0 atom stereocenters. The molecule has 9 heteroatoms. The van der Waals surface area contributed by atoms with Gasteiger partial charge in [0.1, 0.15) is 15.6 Å². The van der Waals surface area contributed by atoms with Crippen LogP contribution < -0.4 is 5.32 Å². The molecule has 0 aliphatic heterocycles. The number of benzene rings is 2. The van der Waals surface area contributed by atoms with Gasteiger partial charge in [-0.2, -0.15) is 13.2 Å². The van der Waals surface area contributed by atoms with Gasteiger partial charge in [0.2, 0.25) is 0 Å². The van der Waals surface area contributed by atoms with Crippen molar-refractivity contribution in [2.24, 2.45) is 0 Å². The van der Waals surface area contributed by atoms with Gasteiger partial charge in [0.15, 0.2) is 0 Å². The van der Waals surface area contributed by atoms with E-state index >= 15 is 0 Å². The molecule has 2 aromatic carbocycles. The average Bonchev–Trinajstić information content (AvgIpc) is 3.23.